The first-order valence-corrected chi connectivity index (χ1v) is 23.9. The minimum Gasteiger partial charge on any atom is -0.291 e. The average molecular weight is 849 g/mol. The van der Waals surface area contributed by atoms with Crippen molar-refractivity contribution in [3.8, 4) is 0 Å². The van der Waals surface area contributed by atoms with E-state index in [-0.39, 0.29) is 0 Å². The SMILES string of the molecule is c1ccc2cc(N3C(=C4N(c5ccc6ccccc6c5)c5cc6c(cc5N4c4ccc5ccccc5c4)CCCC6)N(c4ccc5ccccc5c4)c4cc5c(cc43)CCCC5)ccc2c1. The lowest BCUT2D eigenvalue weighted by Crippen LogP contribution is -2.33. The molecule has 316 valence electrons. The van der Waals surface area contributed by atoms with Gasteiger partial charge in [0.05, 0.1) is 22.7 Å². The van der Waals surface area contributed by atoms with Crippen LogP contribution in [0, 0.1) is 0 Å². The Morgan fingerprint density at radius 2 is 0.455 bits per heavy atom. The number of benzene rings is 10. The second-order valence-corrected chi connectivity index (χ2v) is 18.7. The van der Waals surface area contributed by atoms with Crippen molar-refractivity contribution < 1.29 is 0 Å². The number of anilines is 8. The van der Waals surface area contributed by atoms with E-state index in [0.29, 0.717) is 0 Å². The van der Waals surface area contributed by atoms with Gasteiger partial charge >= 0.3 is 0 Å². The molecule has 0 spiro atoms. The van der Waals surface area contributed by atoms with Crippen LogP contribution in [0.15, 0.2) is 206 Å². The van der Waals surface area contributed by atoms with Gasteiger partial charge in [-0.15, -0.1) is 0 Å². The van der Waals surface area contributed by atoms with Crippen LogP contribution in [0.2, 0.25) is 0 Å². The Hall–Kier alpha value is -7.82. The lowest BCUT2D eigenvalue weighted by molar-refractivity contribution is 0.686. The van der Waals surface area contributed by atoms with Crippen LogP contribution in [0.5, 0.6) is 0 Å². The van der Waals surface area contributed by atoms with Gasteiger partial charge < -0.3 is 0 Å². The van der Waals surface area contributed by atoms with Crippen LogP contribution in [-0.4, -0.2) is 0 Å². The molecule has 10 aromatic carbocycles. The van der Waals surface area contributed by atoms with E-state index < -0.39 is 0 Å². The third-order valence-corrected chi connectivity index (χ3v) is 14.9. The van der Waals surface area contributed by atoms with Crippen LogP contribution >= 0.6 is 0 Å². The zero-order valence-electron chi connectivity index (χ0n) is 36.9. The van der Waals surface area contributed by atoms with Crippen molar-refractivity contribution in [3.05, 3.63) is 228 Å². The minimum absolute atomic E-state index is 1.10. The molecule has 14 rings (SSSR count). The monoisotopic (exact) mass is 848 g/mol. The summed E-state index contributed by atoms with van der Waals surface area (Å²) >= 11 is 0. The summed E-state index contributed by atoms with van der Waals surface area (Å²) in [5, 5.41) is 9.85. The van der Waals surface area contributed by atoms with Gasteiger partial charge in [0.1, 0.15) is 0 Å². The van der Waals surface area contributed by atoms with Gasteiger partial charge in [-0.25, -0.2) is 0 Å². The predicted molar refractivity (Wildman–Crippen MR) is 278 cm³/mol. The van der Waals surface area contributed by atoms with Crippen LogP contribution in [0.4, 0.5) is 45.5 Å². The van der Waals surface area contributed by atoms with Crippen molar-refractivity contribution in [2.75, 3.05) is 19.6 Å². The van der Waals surface area contributed by atoms with Crippen molar-refractivity contribution >= 4 is 88.6 Å². The molecule has 0 atom stereocenters. The molecule has 0 saturated carbocycles. The van der Waals surface area contributed by atoms with E-state index in [1.807, 2.05) is 0 Å². The second kappa shape index (κ2) is 14.9. The summed E-state index contributed by atoms with van der Waals surface area (Å²) in [6.07, 6.45) is 9.26. The molecular formula is C62H48N4. The standard InChI is InChI=1S/C62H48N4/c1-5-17-45-33-53(29-25-41(45)13-1)63-57-37-49-21-9-10-22-50(49)38-58(57)64(54-30-26-42-14-2-6-18-46(42)34-54)61(63)62-65(55-31-27-43-15-3-7-19-47(43)35-55)59-39-51-23-11-12-24-52(51)40-60(59)66(62)56-32-28-44-16-4-8-20-48(44)36-56/h1-8,13-20,25-40H,9-12,21-24H2. The summed E-state index contributed by atoms with van der Waals surface area (Å²) < 4.78 is 0. The van der Waals surface area contributed by atoms with Crippen LogP contribution in [0.3, 0.4) is 0 Å². The molecule has 0 aromatic heterocycles. The maximum absolute atomic E-state index is 2.61. The average Bonchev–Trinajstić information content (AvgIpc) is 3.88. The molecule has 0 saturated heterocycles. The van der Waals surface area contributed by atoms with Gasteiger partial charge in [-0.3, -0.25) is 19.6 Å². The first-order valence-electron chi connectivity index (χ1n) is 23.9. The topological polar surface area (TPSA) is 13.0 Å². The van der Waals surface area contributed by atoms with Crippen molar-refractivity contribution in [1.29, 1.82) is 0 Å². The quantitative estimate of drug-likeness (QED) is 0.175. The van der Waals surface area contributed by atoms with E-state index in [0.717, 1.165) is 60.1 Å². The van der Waals surface area contributed by atoms with Gasteiger partial charge in [-0.2, -0.15) is 0 Å². The molecule has 10 aromatic rings. The molecule has 0 unspecified atom stereocenters. The smallest absolute Gasteiger partial charge is 0.166 e. The lowest BCUT2D eigenvalue weighted by atomic mass is 9.90. The van der Waals surface area contributed by atoms with Gasteiger partial charge in [-0.05, 0) is 190 Å². The number of nitrogens with zero attached hydrogens (tertiary/aromatic N) is 4. The summed E-state index contributed by atoms with van der Waals surface area (Å²) in [7, 11) is 0. The van der Waals surface area contributed by atoms with Gasteiger partial charge in [0, 0.05) is 22.7 Å². The van der Waals surface area contributed by atoms with E-state index in [1.54, 1.807) is 0 Å². The molecule has 0 N–H and O–H groups in total. The molecule has 2 aliphatic heterocycles. The highest BCUT2D eigenvalue weighted by molar-refractivity contribution is 6.04. The number of fused-ring (bicyclic) bond motifs is 8. The van der Waals surface area contributed by atoms with Gasteiger partial charge in [0.2, 0.25) is 0 Å². The number of rotatable bonds is 4. The molecule has 0 fully saturated rings. The minimum atomic E-state index is 1.10. The van der Waals surface area contributed by atoms with Crippen molar-refractivity contribution in [2.45, 2.75) is 51.4 Å². The van der Waals surface area contributed by atoms with Crippen LogP contribution in [0.1, 0.15) is 47.9 Å². The molecule has 0 bridgehead atoms. The fraction of sp³-hybridized carbons (Fsp3) is 0.129. The Balaban J connectivity index is 1.15. The molecule has 4 nitrogen and oxygen atoms in total. The summed E-state index contributed by atoms with van der Waals surface area (Å²) in [6, 6.07) is 73.6. The van der Waals surface area contributed by atoms with Crippen molar-refractivity contribution in [1.82, 2.24) is 0 Å². The lowest BCUT2D eigenvalue weighted by Gasteiger charge is -2.34. The third kappa shape index (κ3) is 5.91. The molecule has 0 amide bonds. The largest absolute Gasteiger partial charge is 0.291 e. The van der Waals surface area contributed by atoms with E-state index >= 15 is 0 Å². The summed E-state index contributed by atoms with van der Waals surface area (Å²) in [4.78, 5) is 10.4. The number of hydrogen-bond acceptors (Lipinski definition) is 4. The number of aryl methyl sites for hydroxylation is 4. The van der Waals surface area contributed by atoms with Crippen LogP contribution in [-0.2, 0) is 25.7 Å². The maximum Gasteiger partial charge on any atom is 0.166 e. The zero-order chi connectivity index (χ0) is 43.3. The van der Waals surface area contributed by atoms with Crippen molar-refractivity contribution in [3.63, 3.8) is 0 Å². The van der Waals surface area contributed by atoms with Crippen LogP contribution < -0.4 is 19.6 Å². The van der Waals surface area contributed by atoms with Gasteiger partial charge in [0.15, 0.2) is 11.6 Å². The van der Waals surface area contributed by atoms with E-state index in [9.17, 15) is 0 Å². The summed E-state index contributed by atoms with van der Waals surface area (Å²) in [6.45, 7) is 0. The van der Waals surface area contributed by atoms with Crippen molar-refractivity contribution in [2.24, 2.45) is 0 Å². The number of hydrogen-bond donors (Lipinski definition) is 0. The Morgan fingerprint density at radius 1 is 0.227 bits per heavy atom. The van der Waals surface area contributed by atoms with Gasteiger partial charge in [0.25, 0.3) is 0 Å². The molecule has 66 heavy (non-hydrogen) atoms. The Labute approximate surface area is 385 Å². The fourth-order valence-electron chi connectivity index (χ4n) is 11.6. The summed E-state index contributed by atoms with van der Waals surface area (Å²) in [5.74, 6) is 2.21. The zero-order valence-corrected chi connectivity index (χ0v) is 36.9. The Bertz CT molecular complexity index is 3180. The predicted octanol–water partition coefficient (Wildman–Crippen LogP) is 16.5. The van der Waals surface area contributed by atoms with Gasteiger partial charge in [-0.1, -0.05) is 121 Å². The molecule has 2 heterocycles. The normalized spacial score (nSPS) is 15.5. The highest BCUT2D eigenvalue weighted by atomic mass is 15.5. The molecule has 4 aliphatic rings. The van der Waals surface area contributed by atoms with E-state index in [2.05, 4.69) is 214 Å². The van der Waals surface area contributed by atoms with Crippen LogP contribution in [0.25, 0.3) is 43.1 Å². The molecule has 2 aliphatic carbocycles. The highest BCUT2D eigenvalue weighted by Crippen LogP contribution is 2.59. The first-order chi connectivity index (χ1) is 32.7. The second-order valence-electron chi connectivity index (χ2n) is 18.7. The molecule has 4 heteroatoms. The highest BCUT2D eigenvalue weighted by Gasteiger charge is 2.45. The van der Waals surface area contributed by atoms with E-state index in [1.165, 1.54) is 114 Å². The summed E-state index contributed by atoms with van der Waals surface area (Å²) in [5.41, 5.74) is 15.3. The fourth-order valence-corrected chi connectivity index (χ4v) is 11.6. The molecule has 0 radical (unpaired) electrons. The molecular weight excluding hydrogens is 801 g/mol. The maximum atomic E-state index is 2.61. The third-order valence-electron chi connectivity index (χ3n) is 14.9. The van der Waals surface area contributed by atoms with E-state index in [4.69, 9.17) is 0 Å². The Kier molecular flexibility index (Phi) is 8.46. The Morgan fingerprint density at radius 3 is 0.697 bits per heavy atom. The first kappa shape index (κ1) is 37.5.